The van der Waals surface area contributed by atoms with Crippen LogP contribution < -0.4 is 0 Å². The summed E-state index contributed by atoms with van der Waals surface area (Å²) in [5.41, 5.74) is 3.86. The number of carbonyl (C=O) groups is 1. The Labute approximate surface area is 195 Å². The van der Waals surface area contributed by atoms with E-state index in [0.29, 0.717) is 42.5 Å². The minimum atomic E-state index is -0.177. The summed E-state index contributed by atoms with van der Waals surface area (Å²) in [6.45, 7) is 3.34. The first kappa shape index (κ1) is 21.3. The highest BCUT2D eigenvalue weighted by molar-refractivity contribution is 6.31. The van der Waals surface area contributed by atoms with E-state index in [4.69, 9.17) is 16.3 Å². The van der Waals surface area contributed by atoms with Crippen molar-refractivity contribution >= 4 is 17.5 Å². The molecule has 2 aromatic carbocycles. The van der Waals surface area contributed by atoms with Crippen molar-refractivity contribution in [2.75, 3.05) is 19.8 Å². The van der Waals surface area contributed by atoms with Crippen molar-refractivity contribution in [3.05, 3.63) is 82.9 Å². The Morgan fingerprint density at radius 3 is 2.55 bits per heavy atom. The molecular formula is C23H22ClN7O2. The monoisotopic (exact) mass is 463 g/mol. The highest BCUT2D eigenvalue weighted by Gasteiger charge is 2.31. The molecule has 1 amide bonds. The summed E-state index contributed by atoms with van der Waals surface area (Å²) >= 11 is 6.52. The van der Waals surface area contributed by atoms with E-state index < -0.39 is 0 Å². The molecule has 1 atom stereocenters. The van der Waals surface area contributed by atoms with Crippen molar-refractivity contribution in [3.8, 4) is 11.4 Å². The van der Waals surface area contributed by atoms with Crippen LogP contribution in [0.4, 0.5) is 0 Å². The molecule has 5 rings (SSSR count). The Morgan fingerprint density at radius 1 is 1.06 bits per heavy atom. The Kier molecular flexibility index (Phi) is 5.89. The first-order valence-electron chi connectivity index (χ1n) is 10.6. The van der Waals surface area contributed by atoms with Crippen molar-refractivity contribution in [1.82, 2.24) is 34.9 Å². The van der Waals surface area contributed by atoms with E-state index in [1.807, 2.05) is 48.2 Å². The van der Waals surface area contributed by atoms with Crippen molar-refractivity contribution in [1.29, 1.82) is 0 Å². The predicted molar refractivity (Wildman–Crippen MR) is 122 cm³/mol. The molecule has 0 aliphatic carbocycles. The van der Waals surface area contributed by atoms with E-state index in [1.54, 1.807) is 24.8 Å². The molecule has 9 nitrogen and oxygen atoms in total. The van der Waals surface area contributed by atoms with E-state index >= 15 is 0 Å². The molecule has 168 valence electrons. The van der Waals surface area contributed by atoms with Crippen LogP contribution in [0.1, 0.15) is 21.5 Å². The van der Waals surface area contributed by atoms with Crippen LogP contribution in [0, 0.1) is 6.92 Å². The van der Waals surface area contributed by atoms with Gasteiger partial charge in [-0.25, -0.2) is 0 Å². The first-order chi connectivity index (χ1) is 16.1. The summed E-state index contributed by atoms with van der Waals surface area (Å²) in [5.74, 6) is -0.0830. The number of amides is 1. The van der Waals surface area contributed by atoms with Gasteiger partial charge in [0, 0.05) is 11.6 Å². The van der Waals surface area contributed by atoms with Crippen LogP contribution in [-0.2, 0) is 11.2 Å². The van der Waals surface area contributed by atoms with Crippen LogP contribution in [0.25, 0.3) is 11.4 Å². The number of morpholine rings is 1. The Balaban J connectivity index is 1.46. The number of aryl methyl sites for hydroxylation is 1. The third kappa shape index (κ3) is 4.24. The summed E-state index contributed by atoms with van der Waals surface area (Å²) < 4.78 is 5.74. The highest BCUT2D eigenvalue weighted by atomic mass is 35.5. The van der Waals surface area contributed by atoms with Gasteiger partial charge >= 0.3 is 0 Å². The molecule has 10 heteroatoms. The van der Waals surface area contributed by atoms with Crippen molar-refractivity contribution in [3.63, 3.8) is 0 Å². The number of nitrogens with zero attached hydrogens (tertiary/aromatic N) is 7. The molecular weight excluding hydrogens is 442 g/mol. The number of carbonyl (C=O) groups excluding carboxylic acids is 1. The van der Waals surface area contributed by atoms with Crippen LogP contribution in [0.2, 0.25) is 5.02 Å². The van der Waals surface area contributed by atoms with Crippen molar-refractivity contribution < 1.29 is 9.53 Å². The van der Waals surface area contributed by atoms with Gasteiger partial charge in [-0.1, -0.05) is 23.7 Å². The van der Waals surface area contributed by atoms with E-state index in [9.17, 15) is 4.79 Å². The zero-order chi connectivity index (χ0) is 22.8. The van der Waals surface area contributed by atoms with Gasteiger partial charge in [0.15, 0.2) is 0 Å². The Bertz CT molecular complexity index is 1260. The molecule has 4 aromatic rings. The number of rotatable bonds is 5. The van der Waals surface area contributed by atoms with E-state index in [-0.39, 0.29) is 11.9 Å². The van der Waals surface area contributed by atoms with Crippen LogP contribution in [-0.4, -0.2) is 66.6 Å². The number of aromatic nitrogens is 6. The minimum absolute atomic E-state index is 0.0830. The maximum atomic E-state index is 13.8. The lowest BCUT2D eigenvalue weighted by molar-refractivity contribution is -0.00165. The summed E-state index contributed by atoms with van der Waals surface area (Å²) in [4.78, 5) is 18.6. The van der Waals surface area contributed by atoms with Gasteiger partial charge in [0.2, 0.25) is 0 Å². The van der Waals surface area contributed by atoms with Crippen LogP contribution in [0.3, 0.4) is 0 Å². The van der Waals surface area contributed by atoms with Crippen LogP contribution >= 0.6 is 11.6 Å². The summed E-state index contributed by atoms with van der Waals surface area (Å²) in [6.07, 6.45) is 6.99. The van der Waals surface area contributed by atoms with Gasteiger partial charge < -0.3 is 9.64 Å². The zero-order valence-electron chi connectivity index (χ0n) is 18.0. The number of hydrogen-bond donors (Lipinski definition) is 0. The quantitative estimate of drug-likeness (QED) is 0.452. The Hall–Kier alpha value is -3.56. The minimum Gasteiger partial charge on any atom is -0.377 e. The number of halogens is 1. The van der Waals surface area contributed by atoms with Gasteiger partial charge in [-0.3, -0.25) is 4.79 Å². The molecule has 1 aliphatic heterocycles. The zero-order valence-corrected chi connectivity index (χ0v) is 18.8. The predicted octanol–water partition coefficient (Wildman–Crippen LogP) is 2.89. The normalized spacial score (nSPS) is 16.2. The van der Waals surface area contributed by atoms with Crippen molar-refractivity contribution in [2.24, 2.45) is 0 Å². The molecule has 0 spiro atoms. The standard InChI is InChI=1S/C23H22ClN7O2/c1-16-3-2-4-20(22(16)31-27-9-10-28-31)23(32)29-11-12-33-15-19(29)14-17-13-18(5-6-21(17)24)30-25-7-8-26-30/h2-10,13,19H,11-12,14-15H2,1H3. The number of hydrogen-bond acceptors (Lipinski definition) is 6. The second-order valence-electron chi connectivity index (χ2n) is 7.82. The molecule has 1 fully saturated rings. The fourth-order valence-corrected chi connectivity index (χ4v) is 4.31. The maximum absolute atomic E-state index is 13.8. The largest absolute Gasteiger partial charge is 0.377 e. The van der Waals surface area contributed by atoms with Crippen LogP contribution in [0.5, 0.6) is 0 Å². The smallest absolute Gasteiger partial charge is 0.256 e. The molecule has 3 heterocycles. The second-order valence-corrected chi connectivity index (χ2v) is 8.22. The molecule has 0 radical (unpaired) electrons. The van der Waals surface area contributed by atoms with Gasteiger partial charge in [0.05, 0.1) is 55.3 Å². The van der Waals surface area contributed by atoms with Crippen molar-refractivity contribution in [2.45, 2.75) is 19.4 Å². The fourth-order valence-electron chi connectivity index (χ4n) is 4.12. The molecule has 0 bridgehead atoms. The molecule has 2 aromatic heterocycles. The third-order valence-corrected chi connectivity index (χ3v) is 6.08. The van der Waals surface area contributed by atoms with E-state index in [2.05, 4.69) is 20.4 Å². The average Bonchev–Trinajstić information content (AvgIpc) is 3.55. The Morgan fingerprint density at radius 2 is 1.79 bits per heavy atom. The lowest BCUT2D eigenvalue weighted by atomic mass is 10.0. The van der Waals surface area contributed by atoms with E-state index in [0.717, 1.165) is 16.8 Å². The van der Waals surface area contributed by atoms with Gasteiger partial charge in [0.25, 0.3) is 5.91 Å². The summed E-state index contributed by atoms with van der Waals surface area (Å²) in [5, 5.41) is 17.5. The van der Waals surface area contributed by atoms with Gasteiger partial charge in [0.1, 0.15) is 5.69 Å². The first-order valence-corrected chi connectivity index (χ1v) is 11.0. The number of benzene rings is 2. The average molecular weight is 464 g/mol. The molecule has 1 aliphatic rings. The number of ether oxygens (including phenoxy) is 1. The SMILES string of the molecule is Cc1cccc(C(=O)N2CCOCC2Cc2cc(-n3nccn3)ccc2Cl)c1-n1nccn1. The number of para-hydroxylation sites is 1. The second kappa shape index (κ2) is 9.13. The van der Waals surface area contributed by atoms with Gasteiger partial charge in [-0.2, -0.15) is 30.0 Å². The summed E-state index contributed by atoms with van der Waals surface area (Å²) in [7, 11) is 0. The maximum Gasteiger partial charge on any atom is 0.256 e. The topological polar surface area (TPSA) is 91.0 Å². The molecule has 1 unspecified atom stereocenters. The van der Waals surface area contributed by atoms with Gasteiger partial charge in [-0.05, 0) is 48.7 Å². The highest BCUT2D eigenvalue weighted by Crippen LogP contribution is 2.26. The lowest BCUT2D eigenvalue weighted by Gasteiger charge is -2.36. The third-order valence-electron chi connectivity index (χ3n) is 5.71. The molecule has 33 heavy (non-hydrogen) atoms. The molecule has 0 N–H and O–H groups in total. The molecule has 1 saturated heterocycles. The fraction of sp³-hybridized carbons (Fsp3) is 0.261. The summed E-state index contributed by atoms with van der Waals surface area (Å²) in [6, 6.07) is 11.1. The lowest BCUT2D eigenvalue weighted by Crippen LogP contribution is -2.50. The van der Waals surface area contributed by atoms with Crippen LogP contribution in [0.15, 0.2) is 61.2 Å². The van der Waals surface area contributed by atoms with E-state index in [1.165, 1.54) is 9.59 Å². The van der Waals surface area contributed by atoms with Gasteiger partial charge in [-0.15, -0.1) is 0 Å². The molecule has 0 saturated carbocycles.